The van der Waals surface area contributed by atoms with E-state index in [4.69, 9.17) is 0 Å². The Morgan fingerprint density at radius 1 is 1.14 bits per heavy atom. The zero-order valence-corrected chi connectivity index (χ0v) is 16.0. The van der Waals surface area contributed by atoms with Gasteiger partial charge in [0.1, 0.15) is 11.6 Å². The predicted molar refractivity (Wildman–Crippen MR) is 106 cm³/mol. The molecule has 3 aromatic rings. The fourth-order valence-corrected chi connectivity index (χ4v) is 3.61. The third-order valence-corrected chi connectivity index (χ3v) is 5.39. The summed E-state index contributed by atoms with van der Waals surface area (Å²) in [5.74, 6) is 0.634. The predicted octanol–water partition coefficient (Wildman–Crippen LogP) is 4.27. The van der Waals surface area contributed by atoms with E-state index in [0.29, 0.717) is 19.0 Å². The zero-order chi connectivity index (χ0) is 19.5. The average molecular weight is 377 g/mol. The highest BCUT2D eigenvalue weighted by Gasteiger charge is 2.34. The van der Waals surface area contributed by atoms with Crippen LogP contribution >= 0.6 is 0 Å². The largest absolute Gasteiger partial charge is 0.337 e. The van der Waals surface area contributed by atoms with Gasteiger partial charge in [0.15, 0.2) is 0 Å². The SMILES string of the molecule is Cn1ccnc1CN(C(=O)C[C@@H](c1ccccc1)c1ccc(F)cc1)C1CC1. The number of halogens is 1. The van der Waals surface area contributed by atoms with Crippen LogP contribution in [-0.2, 0) is 18.4 Å². The van der Waals surface area contributed by atoms with Gasteiger partial charge in [0, 0.05) is 37.8 Å². The van der Waals surface area contributed by atoms with E-state index < -0.39 is 0 Å². The van der Waals surface area contributed by atoms with Crippen LogP contribution in [0.4, 0.5) is 4.39 Å². The molecule has 144 valence electrons. The minimum atomic E-state index is -0.267. The second-order valence-corrected chi connectivity index (χ2v) is 7.43. The third kappa shape index (κ3) is 4.14. The Morgan fingerprint density at radius 2 is 1.82 bits per heavy atom. The Balaban J connectivity index is 1.59. The number of imidazole rings is 1. The molecular formula is C23H24FN3O. The lowest BCUT2D eigenvalue weighted by Gasteiger charge is -2.25. The maximum atomic E-state index is 13.4. The first kappa shape index (κ1) is 18.4. The van der Waals surface area contributed by atoms with Crippen molar-refractivity contribution in [3.8, 4) is 0 Å². The highest BCUT2D eigenvalue weighted by atomic mass is 19.1. The van der Waals surface area contributed by atoms with E-state index in [2.05, 4.69) is 4.98 Å². The third-order valence-electron chi connectivity index (χ3n) is 5.39. The number of aryl methyl sites for hydroxylation is 1. The van der Waals surface area contributed by atoms with Crippen molar-refractivity contribution in [2.24, 2.45) is 7.05 Å². The van der Waals surface area contributed by atoms with Crippen LogP contribution in [0.5, 0.6) is 0 Å². The van der Waals surface area contributed by atoms with Crippen LogP contribution in [0.25, 0.3) is 0 Å². The molecule has 0 radical (unpaired) electrons. The monoisotopic (exact) mass is 377 g/mol. The summed E-state index contributed by atoms with van der Waals surface area (Å²) in [5.41, 5.74) is 2.02. The number of amides is 1. The van der Waals surface area contributed by atoms with Crippen molar-refractivity contribution < 1.29 is 9.18 Å². The molecule has 0 bridgehead atoms. The highest BCUT2D eigenvalue weighted by Crippen LogP contribution is 2.33. The molecule has 1 heterocycles. The first-order valence-corrected chi connectivity index (χ1v) is 9.68. The molecule has 1 aliphatic carbocycles. The zero-order valence-electron chi connectivity index (χ0n) is 16.0. The van der Waals surface area contributed by atoms with Crippen molar-refractivity contribution in [3.05, 3.63) is 89.8 Å². The molecule has 0 saturated heterocycles. The molecule has 4 rings (SSSR count). The Kier molecular flexibility index (Phi) is 5.24. The van der Waals surface area contributed by atoms with E-state index in [-0.39, 0.29) is 17.6 Å². The summed E-state index contributed by atoms with van der Waals surface area (Å²) < 4.78 is 15.4. The molecule has 1 fully saturated rings. The standard InChI is InChI=1S/C23H24FN3O/c1-26-14-13-25-22(26)16-27(20-11-12-20)23(28)15-21(17-5-3-2-4-6-17)18-7-9-19(24)10-8-18/h2-10,13-14,20-21H,11-12,15-16H2,1H3/t21-/m0/s1. The Labute approximate surface area is 164 Å². The van der Waals surface area contributed by atoms with Gasteiger partial charge >= 0.3 is 0 Å². The van der Waals surface area contributed by atoms with Gasteiger partial charge in [-0.15, -0.1) is 0 Å². The van der Waals surface area contributed by atoms with Crippen LogP contribution in [0.3, 0.4) is 0 Å². The minimum Gasteiger partial charge on any atom is -0.337 e. The molecule has 2 aromatic carbocycles. The first-order chi connectivity index (χ1) is 13.6. The number of carbonyl (C=O) groups excluding carboxylic acids is 1. The van der Waals surface area contributed by atoms with Gasteiger partial charge in [0.05, 0.1) is 6.54 Å². The Morgan fingerprint density at radius 3 is 2.43 bits per heavy atom. The molecule has 1 amide bonds. The number of nitrogens with zero attached hydrogens (tertiary/aromatic N) is 3. The lowest BCUT2D eigenvalue weighted by atomic mass is 9.88. The fourth-order valence-electron chi connectivity index (χ4n) is 3.61. The Bertz CT molecular complexity index is 932. The minimum absolute atomic E-state index is 0.100. The molecule has 1 aliphatic rings. The molecule has 0 aliphatic heterocycles. The quantitative estimate of drug-likeness (QED) is 0.617. The maximum Gasteiger partial charge on any atom is 0.224 e. The van der Waals surface area contributed by atoms with Crippen molar-refractivity contribution in [1.29, 1.82) is 0 Å². The molecule has 28 heavy (non-hydrogen) atoms. The van der Waals surface area contributed by atoms with Crippen LogP contribution in [-0.4, -0.2) is 26.4 Å². The lowest BCUT2D eigenvalue weighted by molar-refractivity contribution is -0.132. The highest BCUT2D eigenvalue weighted by molar-refractivity contribution is 5.78. The van der Waals surface area contributed by atoms with Gasteiger partial charge in [-0.1, -0.05) is 42.5 Å². The van der Waals surface area contributed by atoms with E-state index in [1.807, 2.05) is 53.0 Å². The number of aromatic nitrogens is 2. The van der Waals surface area contributed by atoms with Crippen LogP contribution in [0, 0.1) is 5.82 Å². The summed E-state index contributed by atoms with van der Waals surface area (Å²) in [7, 11) is 1.95. The van der Waals surface area contributed by atoms with Crippen LogP contribution in [0.2, 0.25) is 0 Å². The summed E-state index contributed by atoms with van der Waals surface area (Å²) in [6.45, 7) is 0.526. The van der Waals surface area contributed by atoms with E-state index in [9.17, 15) is 9.18 Å². The molecule has 0 N–H and O–H groups in total. The van der Waals surface area contributed by atoms with E-state index in [0.717, 1.165) is 29.8 Å². The van der Waals surface area contributed by atoms with Crippen LogP contribution in [0.15, 0.2) is 67.0 Å². The van der Waals surface area contributed by atoms with Crippen molar-refractivity contribution in [2.75, 3.05) is 0 Å². The van der Waals surface area contributed by atoms with E-state index in [1.165, 1.54) is 12.1 Å². The van der Waals surface area contributed by atoms with Gasteiger partial charge in [-0.3, -0.25) is 4.79 Å². The molecule has 1 atom stereocenters. The van der Waals surface area contributed by atoms with Gasteiger partial charge in [-0.2, -0.15) is 0 Å². The van der Waals surface area contributed by atoms with E-state index in [1.54, 1.807) is 18.3 Å². The summed E-state index contributed by atoms with van der Waals surface area (Å²) in [4.78, 5) is 19.6. The molecule has 0 unspecified atom stereocenters. The van der Waals surface area contributed by atoms with Crippen molar-refractivity contribution >= 4 is 5.91 Å². The first-order valence-electron chi connectivity index (χ1n) is 9.68. The molecular weight excluding hydrogens is 353 g/mol. The van der Waals surface area contributed by atoms with E-state index >= 15 is 0 Å². The molecule has 0 spiro atoms. The molecule has 4 nitrogen and oxygen atoms in total. The number of hydrogen-bond acceptors (Lipinski definition) is 2. The maximum absolute atomic E-state index is 13.4. The lowest BCUT2D eigenvalue weighted by Crippen LogP contribution is -2.34. The summed E-state index contributed by atoms with van der Waals surface area (Å²) >= 11 is 0. The topological polar surface area (TPSA) is 38.1 Å². The number of rotatable bonds is 7. The summed E-state index contributed by atoms with van der Waals surface area (Å²) in [6, 6.07) is 16.7. The summed E-state index contributed by atoms with van der Waals surface area (Å²) in [5, 5.41) is 0. The van der Waals surface area contributed by atoms with Crippen molar-refractivity contribution in [3.63, 3.8) is 0 Å². The van der Waals surface area contributed by atoms with Crippen LogP contribution in [0.1, 0.15) is 42.1 Å². The molecule has 5 heteroatoms. The average Bonchev–Trinajstić information content (AvgIpc) is 3.47. The van der Waals surface area contributed by atoms with Crippen LogP contribution < -0.4 is 0 Å². The van der Waals surface area contributed by atoms with Gasteiger partial charge in [-0.25, -0.2) is 9.37 Å². The number of benzene rings is 2. The van der Waals surface area contributed by atoms with Gasteiger partial charge in [0.2, 0.25) is 5.91 Å². The smallest absolute Gasteiger partial charge is 0.224 e. The fraction of sp³-hybridized carbons (Fsp3) is 0.304. The Hall–Kier alpha value is -2.95. The van der Waals surface area contributed by atoms with Crippen molar-refractivity contribution in [2.45, 2.75) is 37.8 Å². The second kappa shape index (κ2) is 7.97. The van der Waals surface area contributed by atoms with Crippen molar-refractivity contribution in [1.82, 2.24) is 14.5 Å². The number of hydrogen-bond donors (Lipinski definition) is 0. The summed E-state index contributed by atoms with van der Waals surface area (Å²) in [6.07, 6.45) is 6.11. The molecule has 1 aromatic heterocycles. The van der Waals surface area contributed by atoms with Gasteiger partial charge in [-0.05, 0) is 36.1 Å². The normalized spacial score (nSPS) is 14.6. The second-order valence-electron chi connectivity index (χ2n) is 7.43. The molecule has 1 saturated carbocycles. The van der Waals surface area contributed by atoms with Gasteiger partial charge in [0.25, 0.3) is 0 Å². The number of carbonyl (C=O) groups is 1. The van der Waals surface area contributed by atoms with Gasteiger partial charge < -0.3 is 9.47 Å².